The van der Waals surface area contributed by atoms with E-state index < -0.39 is 5.97 Å². The standard InChI is InChI=1S/C13H19N3O2/c1-10-5-3-2-4-6-16(10)8-12-11(13(17)18)7-14-9-15-12/h7,9-10H,2-6,8H2,1H3,(H,17,18). The molecule has 0 aliphatic carbocycles. The fraction of sp³-hybridized carbons (Fsp3) is 0.615. The smallest absolute Gasteiger partial charge is 0.339 e. The average molecular weight is 249 g/mol. The number of likely N-dealkylation sites (tertiary alicyclic amines) is 1. The van der Waals surface area contributed by atoms with Gasteiger partial charge in [0.1, 0.15) is 11.9 Å². The predicted molar refractivity (Wildman–Crippen MR) is 67.3 cm³/mol. The summed E-state index contributed by atoms with van der Waals surface area (Å²) in [4.78, 5) is 21.3. The Labute approximate surface area is 107 Å². The lowest BCUT2D eigenvalue weighted by atomic mass is 10.1. The summed E-state index contributed by atoms with van der Waals surface area (Å²) >= 11 is 0. The minimum Gasteiger partial charge on any atom is -0.478 e. The molecule has 1 aliphatic heterocycles. The van der Waals surface area contributed by atoms with E-state index in [9.17, 15) is 4.79 Å². The molecule has 1 atom stereocenters. The van der Waals surface area contributed by atoms with Gasteiger partial charge in [-0.15, -0.1) is 0 Å². The number of aromatic nitrogens is 2. The van der Waals surface area contributed by atoms with Crippen LogP contribution in [0.25, 0.3) is 0 Å². The third-order valence-electron chi connectivity index (χ3n) is 3.57. The normalized spacial score (nSPS) is 21.5. The zero-order valence-electron chi connectivity index (χ0n) is 10.7. The Balaban J connectivity index is 2.14. The molecule has 0 radical (unpaired) electrons. The molecule has 0 spiro atoms. The third-order valence-corrected chi connectivity index (χ3v) is 3.57. The molecule has 0 aromatic carbocycles. The number of hydrogen-bond donors (Lipinski definition) is 1. The van der Waals surface area contributed by atoms with Crippen molar-refractivity contribution in [2.45, 2.75) is 45.2 Å². The van der Waals surface area contributed by atoms with E-state index in [1.54, 1.807) is 0 Å². The first-order chi connectivity index (χ1) is 8.68. The van der Waals surface area contributed by atoms with Gasteiger partial charge >= 0.3 is 5.97 Å². The summed E-state index contributed by atoms with van der Waals surface area (Å²) in [6.45, 7) is 3.82. The van der Waals surface area contributed by atoms with Crippen molar-refractivity contribution in [2.75, 3.05) is 6.54 Å². The Hall–Kier alpha value is -1.49. The van der Waals surface area contributed by atoms with E-state index in [1.807, 2.05) is 0 Å². The summed E-state index contributed by atoms with van der Waals surface area (Å²) in [5.74, 6) is -0.951. The summed E-state index contributed by atoms with van der Waals surface area (Å²) < 4.78 is 0. The largest absolute Gasteiger partial charge is 0.478 e. The van der Waals surface area contributed by atoms with Crippen molar-refractivity contribution in [3.63, 3.8) is 0 Å². The van der Waals surface area contributed by atoms with E-state index in [0.717, 1.165) is 6.54 Å². The molecule has 0 saturated carbocycles. The van der Waals surface area contributed by atoms with Crippen LogP contribution < -0.4 is 0 Å². The van der Waals surface area contributed by atoms with Crippen LogP contribution in [0.4, 0.5) is 0 Å². The van der Waals surface area contributed by atoms with Crippen molar-refractivity contribution >= 4 is 5.97 Å². The van der Waals surface area contributed by atoms with Gasteiger partial charge in [-0.25, -0.2) is 14.8 Å². The number of carboxylic acid groups (broad SMARTS) is 1. The highest BCUT2D eigenvalue weighted by atomic mass is 16.4. The fourth-order valence-corrected chi connectivity index (χ4v) is 2.42. The molecule has 18 heavy (non-hydrogen) atoms. The van der Waals surface area contributed by atoms with Crippen LogP contribution in [0.3, 0.4) is 0 Å². The second-order valence-electron chi connectivity index (χ2n) is 4.86. The molecule has 5 nitrogen and oxygen atoms in total. The highest BCUT2D eigenvalue weighted by Gasteiger charge is 2.20. The van der Waals surface area contributed by atoms with Crippen molar-refractivity contribution in [1.29, 1.82) is 0 Å². The molecule has 1 aromatic rings. The van der Waals surface area contributed by atoms with Crippen molar-refractivity contribution in [1.82, 2.24) is 14.9 Å². The molecule has 1 fully saturated rings. The first kappa shape index (κ1) is 13.0. The molecule has 2 heterocycles. The topological polar surface area (TPSA) is 66.3 Å². The Morgan fingerprint density at radius 1 is 1.50 bits per heavy atom. The van der Waals surface area contributed by atoms with Crippen LogP contribution in [0.1, 0.15) is 48.7 Å². The van der Waals surface area contributed by atoms with Gasteiger partial charge in [-0.1, -0.05) is 12.8 Å². The molecular formula is C13H19N3O2. The first-order valence-electron chi connectivity index (χ1n) is 6.44. The highest BCUT2D eigenvalue weighted by molar-refractivity contribution is 5.88. The van der Waals surface area contributed by atoms with Gasteiger partial charge in [0.05, 0.1) is 5.69 Å². The van der Waals surface area contributed by atoms with Crippen molar-refractivity contribution < 1.29 is 9.90 Å². The molecule has 0 amide bonds. The van der Waals surface area contributed by atoms with E-state index in [1.165, 1.54) is 38.2 Å². The lowest BCUT2D eigenvalue weighted by Crippen LogP contribution is -2.33. The number of nitrogens with zero attached hydrogens (tertiary/aromatic N) is 3. The zero-order valence-corrected chi connectivity index (χ0v) is 10.7. The molecule has 2 rings (SSSR count). The van der Waals surface area contributed by atoms with Crippen LogP contribution in [0.5, 0.6) is 0 Å². The van der Waals surface area contributed by atoms with Gasteiger partial charge in [0.2, 0.25) is 0 Å². The Bertz CT molecular complexity index is 422. The second-order valence-corrected chi connectivity index (χ2v) is 4.86. The summed E-state index contributed by atoms with van der Waals surface area (Å²) in [7, 11) is 0. The number of hydrogen-bond acceptors (Lipinski definition) is 4. The van der Waals surface area contributed by atoms with Gasteiger partial charge in [0.15, 0.2) is 0 Å². The quantitative estimate of drug-likeness (QED) is 0.886. The van der Waals surface area contributed by atoms with Gasteiger partial charge in [-0.05, 0) is 26.3 Å². The predicted octanol–water partition coefficient (Wildman–Crippen LogP) is 1.94. The van der Waals surface area contributed by atoms with Gasteiger partial charge in [-0.3, -0.25) is 4.90 Å². The lowest BCUT2D eigenvalue weighted by Gasteiger charge is -2.26. The summed E-state index contributed by atoms with van der Waals surface area (Å²) in [6, 6.07) is 0.490. The third kappa shape index (κ3) is 3.04. The summed E-state index contributed by atoms with van der Waals surface area (Å²) in [5, 5.41) is 9.12. The molecular weight excluding hydrogens is 230 g/mol. The van der Waals surface area contributed by atoms with Gasteiger partial charge in [0.25, 0.3) is 0 Å². The van der Waals surface area contributed by atoms with E-state index in [-0.39, 0.29) is 5.56 Å². The van der Waals surface area contributed by atoms with E-state index in [4.69, 9.17) is 5.11 Å². The van der Waals surface area contributed by atoms with Gasteiger partial charge in [0, 0.05) is 18.8 Å². The SMILES string of the molecule is CC1CCCCCN1Cc1ncncc1C(=O)O. The highest BCUT2D eigenvalue weighted by Crippen LogP contribution is 2.19. The monoisotopic (exact) mass is 249 g/mol. The number of carboxylic acids is 1. The van der Waals surface area contributed by atoms with Crippen molar-refractivity contribution in [3.05, 3.63) is 23.8 Å². The molecule has 5 heteroatoms. The summed E-state index contributed by atoms with van der Waals surface area (Å²) in [5.41, 5.74) is 0.834. The van der Waals surface area contributed by atoms with Crippen LogP contribution in [0.15, 0.2) is 12.5 Å². The van der Waals surface area contributed by atoms with Crippen LogP contribution in [-0.2, 0) is 6.54 Å². The number of carbonyl (C=O) groups is 1. The molecule has 98 valence electrons. The number of rotatable bonds is 3. The van der Waals surface area contributed by atoms with E-state index >= 15 is 0 Å². The average Bonchev–Trinajstić information content (AvgIpc) is 2.55. The molecule has 1 aliphatic rings. The van der Waals surface area contributed by atoms with Crippen molar-refractivity contribution in [2.24, 2.45) is 0 Å². The van der Waals surface area contributed by atoms with Crippen molar-refractivity contribution in [3.8, 4) is 0 Å². The molecule has 1 unspecified atom stereocenters. The summed E-state index contributed by atoms with van der Waals surface area (Å²) in [6.07, 6.45) is 7.67. The minimum atomic E-state index is -0.951. The first-order valence-corrected chi connectivity index (χ1v) is 6.44. The molecule has 1 N–H and O–H groups in total. The lowest BCUT2D eigenvalue weighted by molar-refractivity contribution is 0.0692. The fourth-order valence-electron chi connectivity index (χ4n) is 2.42. The van der Waals surface area contributed by atoms with Gasteiger partial charge in [-0.2, -0.15) is 0 Å². The zero-order chi connectivity index (χ0) is 13.0. The molecule has 1 aromatic heterocycles. The van der Waals surface area contributed by atoms with Crippen LogP contribution in [0, 0.1) is 0 Å². The van der Waals surface area contributed by atoms with Crippen LogP contribution >= 0.6 is 0 Å². The van der Waals surface area contributed by atoms with Gasteiger partial charge < -0.3 is 5.11 Å². The maximum absolute atomic E-state index is 11.1. The minimum absolute atomic E-state index is 0.217. The van der Waals surface area contributed by atoms with E-state index in [0.29, 0.717) is 18.3 Å². The maximum Gasteiger partial charge on any atom is 0.339 e. The van der Waals surface area contributed by atoms with Crippen LogP contribution in [0.2, 0.25) is 0 Å². The second kappa shape index (κ2) is 5.91. The van der Waals surface area contributed by atoms with Crippen LogP contribution in [-0.4, -0.2) is 38.5 Å². The Kier molecular flexibility index (Phi) is 4.25. The Morgan fingerprint density at radius 2 is 2.33 bits per heavy atom. The molecule has 1 saturated heterocycles. The molecule has 0 bridgehead atoms. The maximum atomic E-state index is 11.1. The van der Waals surface area contributed by atoms with E-state index in [2.05, 4.69) is 21.8 Å². The number of aromatic carboxylic acids is 1. The Morgan fingerprint density at radius 3 is 3.11 bits per heavy atom.